The molecule has 4 bridgehead atoms. The molecule has 5 atom stereocenters. The number of hydrogen-bond acceptors (Lipinski definition) is 0. The Labute approximate surface area is 94.1 Å². The fourth-order valence-corrected chi connectivity index (χ4v) is 5.25. The first-order chi connectivity index (χ1) is 7.05. The van der Waals surface area contributed by atoms with E-state index in [4.69, 9.17) is 0 Å². The summed E-state index contributed by atoms with van der Waals surface area (Å²) in [6, 6.07) is 0. The van der Waals surface area contributed by atoms with Crippen molar-refractivity contribution in [2.75, 3.05) is 0 Å². The molecule has 0 nitrogen and oxygen atoms in total. The van der Waals surface area contributed by atoms with E-state index in [-0.39, 0.29) is 0 Å². The molecule has 0 heteroatoms. The summed E-state index contributed by atoms with van der Waals surface area (Å²) in [5.74, 6) is 4.96. The molecule has 0 aromatic rings. The van der Waals surface area contributed by atoms with Crippen molar-refractivity contribution in [2.24, 2.45) is 35.0 Å². The normalized spacial score (nSPS) is 52.5. The molecule has 0 spiro atoms. The maximum Gasteiger partial charge on any atom is -0.0115 e. The maximum atomic E-state index is 2.56. The van der Waals surface area contributed by atoms with Crippen LogP contribution in [0, 0.1) is 35.0 Å². The summed E-state index contributed by atoms with van der Waals surface area (Å²) in [7, 11) is 0. The minimum absolute atomic E-state index is 0.703. The van der Waals surface area contributed by atoms with Crippen molar-refractivity contribution in [3.8, 4) is 0 Å². The fourth-order valence-electron chi connectivity index (χ4n) is 5.25. The van der Waals surface area contributed by atoms with Gasteiger partial charge in [0.15, 0.2) is 0 Å². The van der Waals surface area contributed by atoms with Gasteiger partial charge in [-0.25, -0.2) is 0 Å². The van der Waals surface area contributed by atoms with Gasteiger partial charge in [-0.15, -0.1) is 0 Å². The van der Waals surface area contributed by atoms with Crippen LogP contribution >= 0.6 is 0 Å². The molecule has 4 rings (SSSR count). The summed E-state index contributed by atoms with van der Waals surface area (Å²) in [5.41, 5.74) is 2.42. The van der Waals surface area contributed by atoms with Crippen molar-refractivity contribution in [1.29, 1.82) is 0 Å². The molecule has 0 heterocycles. The Morgan fingerprint density at radius 3 is 2.73 bits per heavy atom. The van der Waals surface area contributed by atoms with Gasteiger partial charge in [0.25, 0.3) is 0 Å². The third-order valence-electron chi connectivity index (χ3n) is 5.96. The monoisotopic (exact) mass is 204 g/mol. The zero-order chi connectivity index (χ0) is 10.8. The van der Waals surface area contributed by atoms with E-state index >= 15 is 0 Å². The van der Waals surface area contributed by atoms with Gasteiger partial charge in [0.2, 0.25) is 0 Å². The number of rotatable bonds is 1. The Balaban J connectivity index is 1.95. The lowest BCUT2D eigenvalue weighted by molar-refractivity contribution is -0.181. The molecule has 15 heavy (non-hydrogen) atoms. The predicted molar refractivity (Wildman–Crippen MR) is 64.5 cm³/mol. The Morgan fingerprint density at radius 2 is 2.13 bits per heavy atom. The maximum absolute atomic E-state index is 2.56. The molecule has 1 unspecified atom stereocenters. The molecule has 2 saturated carbocycles. The molecule has 0 aliphatic heterocycles. The Bertz CT molecular complexity index is 312. The minimum Gasteiger partial charge on any atom is -0.0850 e. The van der Waals surface area contributed by atoms with Crippen LogP contribution in [0.2, 0.25) is 0 Å². The molecule has 84 valence electrons. The molecule has 0 saturated heterocycles. The van der Waals surface area contributed by atoms with E-state index in [0.717, 1.165) is 29.6 Å². The summed E-state index contributed by atoms with van der Waals surface area (Å²) in [5, 5.41) is 0. The highest BCUT2D eigenvalue weighted by molar-refractivity contribution is 5.28. The molecule has 0 aromatic carbocycles. The van der Waals surface area contributed by atoms with Gasteiger partial charge >= 0.3 is 0 Å². The molecule has 2 fully saturated rings. The zero-order valence-corrected chi connectivity index (χ0v) is 10.6. The van der Waals surface area contributed by atoms with Crippen molar-refractivity contribution in [1.82, 2.24) is 0 Å². The second-order valence-corrected chi connectivity index (χ2v) is 6.80. The van der Waals surface area contributed by atoms with Gasteiger partial charge in [-0.05, 0) is 61.2 Å². The molecule has 0 aromatic heterocycles. The van der Waals surface area contributed by atoms with Gasteiger partial charge < -0.3 is 0 Å². The number of fused-ring (bicyclic) bond motifs is 1. The molecule has 0 N–H and O–H groups in total. The van der Waals surface area contributed by atoms with Crippen LogP contribution in [0.15, 0.2) is 11.6 Å². The van der Waals surface area contributed by atoms with E-state index in [9.17, 15) is 0 Å². The van der Waals surface area contributed by atoms with Crippen LogP contribution in [-0.4, -0.2) is 0 Å². The van der Waals surface area contributed by atoms with Gasteiger partial charge in [-0.1, -0.05) is 32.4 Å². The quantitative estimate of drug-likeness (QED) is 0.559. The lowest BCUT2D eigenvalue weighted by atomic mass is 9.34. The van der Waals surface area contributed by atoms with Crippen molar-refractivity contribution in [3.63, 3.8) is 0 Å². The van der Waals surface area contributed by atoms with Crippen molar-refractivity contribution >= 4 is 0 Å². The SMILES string of the molecule is CC1=CC[C@@H]2C3[C@@H](C(C)C)CC[C@]2(C)[C@@H]13. The first-order valence-corrected chi connectivity index (χ1v) is 6.72. The Kier molecular flexibility index (Phi) is 1.92. The van der Waals surface area contributed by atoms with E-state index in [2.05, 4.69) is 33.8 Å². The minimum atomic E-state index is 0.703. The lowest BCUT2D eigenvalue weighted by Crippen LogP contribution is -2.63. The van der Waals surface area contributed by atoms with Crippen LogP contribution in [0.25, 0.3) is 0 Å². The van der Waals surface area contributed by atoms with Crippen molar-refractivity contribution < 1.29 is 0 Å². The lowest BCUT2D eigenvalue weighted by Gasteiger charge is -2.70. The highest BCUT2D eigenvalue weighted by Crippen LogP contribution is 2.71. The standard InChI is InChI=1S/C15H24/c1-9(2)11-7-8-15(4)12-6-5-10(3)14(15)13(11)12/h5,9,11-14H,6-8H2,1-4H3/t11-,12-,13?,14+,15+/m1/s1. The van der Waals surface area contributed by atoms with Gasteiger partial charge in [0.1, 0.15) is 0 Å². The average molecular weight is 204 g/mol. The van der Waals surface area contributed by atoms with Gasteiger partial charge in [-0.2, -0.15) is 0 Å². The molecular weight excluding hydrogens is 180 g/mol. The molecule has 4 aliphatic rings. The first kappa shape index (κ1) is 9.93. The first-order valence-electron chi connectivity index (χ1n) is 6.72. The van der Waals surface area contributed by atoms with E-state index in [1.54, 1.807) is 5.57 Å². The summed E-state index contributed by atoms with van der Waals surface area (Å²) in [6.07, 6.45) is 6.90. The molecular formula is C15H24. The summed E-state index contributed by atoms with van der Waals surface area (Å²) in [6.45, 7) is 9.81. The Hall–Kier alpha value is -0.260. The van der Waals surface area contributed by atoms with Crippen LogP contribution < -0.4 is 0 Å². The smallest absolute Gasteiger partial charge is 0.0115 e. The van der Waals surface area contributed by atoms with Crippen molar-refractivity contribution in [3.05, 3.63) is 11.6 Å². The topological polar surface area (TPSA) is 0 Å². The number of allylic oxidation sites excluding steroid dienone is 2. The third kappa shape index (κ3) is 1.04. The number of hydrogen-bond donors (Lipinski definition) is 0. The van der Waals surface area contributed by atoms with Gasteiger partial charge in [-0.3, -0.25) is 0 Å². The largest absolute Gasteiger partial charge is 0.0850 e. The molecule has 0 amide bonds. The fraction of sp³-hybridized carbons (Fsp3) is 0.867. The van der Waals surface area contributed by atoms with Gasteiger partial charge in [0.05, 0.1) is 0 Å². The highest BCUT2D eigenvalue weighted by atomic mass is 14.7. The van der Waals surface area contributed by atoms with E-state index in [0.29, 0.717) is 5.41 Å². The third-order valence-corrected chi connectivity index (χ3v) is 5.96. The molecule has 0 radical (unpaired) electrons. The second-order valence-electron chi connectivity index (χ2n) is 6.80. The van der Waals surface area contributed by atoms with Gasteiger partial charge in [0, 0.05) is 0 Å². The zero-order valence-electron chi connectivity index (χ0n) is 10.6. The predicted octanol–water partition coefficient (Wildman–Crippen LogP) is 4.27. The van der Waals surface area contributed by atoms with E-state index in [1.807, 2.05) is 0 Å². The summed E-state index contributed by atoms with van der Waals surface area (Å²) < 4.78 is 0. The summed E-state index contributed by atoms with van der Waals surface area (Å²) >= 11 is 0. The van der Waals surface area contributed by atoms with Crippen LogP contribution in [-0.2, 0) is 0 Å². The highest BCUT2D eigenvalue weighted by Gasteiger charge is 2.64. The van der Waals surface area contributed by atoms with Crippen LogP contribution in [0.3, 0.4) is 0 Å². The van der Waals surface area contributed by atoms with Crippen LogP contribution in [0.1, 0.15) is 47.0 Å². The van der Waals surface area contributed by atoms with E-state index in [1.165, 1.54) is 19.3 Å². The van der Waals surface area contributed by atoms with E-state index < -0.39 is 0 Å². The Morgan fingerprint density at radius 1 is 1.40 bits per heavy atom. The van der Waals surface area contributed by atoms with Crippen molar-refractivity contribution in [2.45, 2.75) is 47.0 Å². The second kappa shape index (κ2) is 2.90. The van der Waals surface area contributed by atoms with Crippen LogP contribution in [0.5, 0.6) is 0 Å². The summed E-state index contributed by atoms with van der Waals surface area (Å²) in [4.78, 5) is 0. The van der Waals surface area contributed by atoms with Crippen LogP contribution in [0.4, 0.5) is 0 Å². The average Bonchev–Trinajstić information content (AvgIpc) is 2.17. The molecule has 4 aliphatic carbocycles.